The maximum atomic E-state index is 12.3. The summed E-state index contributed by atoms with van der Waals surface area (Å²) in [6.45, 7) is 1.72. The summed E-state index contributed by atoms with van der Waals surface area (Å²) in [5.74, 6) is -0.0737. The number of hydrogen-bond donors (Lipinski definition) is 1. The molecule has 1 heterocycles. The second-order valence-corrected chi connectivity index (χ2v) is 7.70. The van der Waals surface area contributed by atoms with Crippen molar-refractivity contribution in [2.24, 2.45) is 0 Å². The molecule has 1 aliphatic rings. The summed E-state index contributed by atoms with van der Waals surface area (Å²) in [6, 6.07) is 7.57. The van der Waals surface area contributed by atoms with Crippen molar-refractivity contribution in [2.75, 3.05) is 6.61 Å². The number of carbonyl (C=O) groups is 2. The van der Waals surface area contributed by atoms with E-state index in [1.165, 1.54) is 0 Å². The third-order valence-electron chi connectivity index (χ3n) is 3.46. The number of aromatic nitrogens is 1. The van der Waals surface area contributed by atoms with E-state index in [1.54, 1.807) is 35.2 Å². The van der Waals surface area contributed by atoms with Crippen LogP contribution in [0, 0.1) is 6.92 Å². The number of aryl methyl sites for hydroxylation is 1. The van der Waals surface area contributed by atoms with Crippen molar-refractivity contribution in [3.8, 4) is 0 Å². The number of amides is 1. The van der Waals surface area contributed by atoms with Crippen LogP contribution in [0.1, 0.15) is 34.5 Å². The highest BCUT2D eigenvalue weighted by molar-refractivity contribution is 8.00. The SMILES string of the molecule is Cc1csc(SCc2ccccc2C(=O)OCC(=O)NC2CC2)n1. The Balaban J connectivity index is 1.57. The van der Waals surface area contributed by atoms with Crippen molar-refractivity contribution in [3.05, 3.63) is 46.5 Å². The summed E-state index contributed by atoms with van der Waals surface area (Å²) in [6.07, 6.45) is 2.02. The van der Waals surface area contributed by atoms with Crippen LogP contribution in [-0.2, 0) is 15.3 Å². The smallest absolute Gasteiger partial charge is 0.338 e. The monoisotopic (exact) mass is 362 g/mol. The van der Waals surface area contributed by atoms with Gasteiger partial charge in [-0.25, -0.2) is 9.78 Å². The molecule has 3 rings (SSSR count). The molecule has 7 heteroatoms. The van der Waals surface area contributed by atoms with E-state index in [1.807, 2.05) is 24.4 Å². The van der Waals surface area contributed by atoms with E-state index in [9.17, 15) is 9.59 Å². The first-order chi connectivity index (χ1) is 11.6. The molecule has 24 heavy (non-hydrogen) atoms. The van der Waals surface area contributed by atoms with Crippen LogP contribution < -0.4 is 5.32 Å². The van der Waals surface area contributed by atoms with Crippen molar-refractivity contribution in [2.45, 2.75) is 35.9 Å². The van der Waals surface area contributed by atoms with E-state index in [0.29, 0.717) is 11.3 Å². The Kier molecular flexibility index (Phi) is 5.52. The molecule has 1 aliphatic carbocycles. The summed E-state index contributed by atoms with van der Waals surface area (Å²) in [5, 5.41) is 4.80. The highest BCUT2D eigenvalue weighted by Gasteiger charge is 2.24. The number of benzene rings is 1. The van der Waals surface area contributed by atoms with Gasteiger partial charge in [0.15, 0.2) is 6.61 Å². The molecule has 1 saturated carbocycles. The maximum absolute atomic E-state index is 12.3. The molecule has 0 aliphatic heterocycles. The van der Waals surface area contributed by atoms with Gasteiger partial charge in [-0.2, -0.15) is 0 Å². The fraction of sp³-hybridized carbons (Fsp3) is 0.353. The first-order valence-corrected chi connectivity index (χ1v) is 9.57. The summed E-state index contributed by atoms with van der Waals surface area (Å²) in [4.78, 5) is 28.3. The van der Waals surface area contributed by atoms with Crippen molar-refractivity contribution in [3.63, 3.8) is 0 Å². The van der Waals surface area contributed by atoms with Gasteiger partial charge in [0.2, 0.25) is 0 Å². The van der Waals surface area contributed by atoms with Crippen LogP contribution in [0.25, 0.3) is 0 Å². The lowest BCUT2D eigenvalue weighted by atomic mass is 10.1. The van der Waals surface area contributed by atoms with Gasteiger partial charge >= 0.3 is 5.97 Å². The van der Waals surface area contributed by atoms with E-state index in [-0.39, 0.29) is 18.6 Å². The minimum atomic E-state index is -0.465. The first kappa shape index (κ1) is 17.0. The molecule has 0 spiro atoms. The van der Waals surface area contributed by atoms with Gasteiger partial charge in [-0.05, 0) is 31.4 Å². The molecule has 1 aromatic heterocycles. The number of nitrogens with zero attached hydrogens (tertiary/aromatic N) is 1. The van der Waals surface area contributed by atoms with E-state index in [0.717, 1.165) is 28.4 Å². The maximum Gasteiger partial charge on any atom is 0.338 e. The third kappa shape index (κ3) is 4.82. The molecular formula is C17H18N2O3S2. The molecule has 5 nitrogen and oxygen atoms in total. The second-order valence-electron chi connectivity index (χ2n) is 5.62. The van der Waals surface area contributed by atoms with Crippen molar-refractivity contribution in [1.82, 2.24) is 10.3 Å². The minimum Gasteiger partial charge on any atom is -0.452 e. The molecular weight excluding hydrogens is 344 g/mol. The minimum absolute atomic E-state index is 0.234. The topological polar surface area (TPSA) is 68.3 Å². The standard InChI is InChI=1S/C17H18N2O3S2/c1-11-9-23-17(18-11)24-10-12-4-2-3-5-14(12)16(21)22-8-15(20)19-13-6-7-13/h2-5,9,13H,6-8,10H2,1H3,(H,19,20). The highest BCUT2D eigenvalue weighted by Crippen LogP contribution is 2.27. The van der Waals surface area contributed by atoms with Gasteiger partial charge in [0.25, 0.3) is 5.91 Å². The lowest BCUT2D eigenvalue weighted by molar-refractivity contribution is -0.124. The Labute approximate surface area is 148 Å². The molecule has 0 unspecified atom stereocenters. The van der Waals surface area contributed by atoms with Crippen molar-refractivity contribution >= 4 is 35.0 Å². The number of thioether (sulfide) groups is 1. The number of thiazole rings is 1. The average Bonchev–Trinajstić information content (AvgIpc) is 3.29. The highest BCUT2D eigenvalue weighted by atomic mass is 32.2. The van der Waals surface area contributed by atoms with Crippen LogP contribution in [0.2, 0.25) is 0 Å². The van der Waals surface area contributed by atoms with Gasteiger partial charge < -0.3 is 10.1 Å². The second kappa shape index (κ2) is 7.81. The Bertz CT molecular complexity index is 741. The molecule has 2 aromatic rings. The largest absolute Gasteiger partial charge is 0.452 e. The van der Waals surface area contributed by atoms with Gasteiger partial charge in [-0.1, -0.05) is 30.0 Å². The molecule has 1 fully saturated rings. The number of hydrogen-bond acceptors (Lipinski definition) is 6. The van der Waals surface area contributed by atoms with Crippen LogP contribution in [0.4, 0.5) is 0 Å². The summed E-state index contributed by atoms with van der Waals surface area (Å²) < 4.78 is 6.11. The molecule has 0 bridgehead atoms. The van der Waals surface area contributed by atoms with Crippen LogP contribution in [-0.4, -0.2) is 29.5 Å². The zero-order valence-corrected chi connectivity index (χ0v) is 14.9. The average molecular weight is 362 g/mol. The Morgan fingerprint density at radius 3 is 2.88 bits per heavy atom. The Morgan fingerprint density at radius 2 is 2.17 bits per heavy atom. The van der Waals surface area contributed by atoms with Crippen LogP contribution in [0.15, 0.2) is 34.0 Å². The first-order valence-electron chi connectivity index (χ1n) is 7.71. The normalized spacial score (nSPS) is 13.5. The summed E-state index contributed by atoms with van der Waals surface area (Å²) in [7, 11) is 0. The van der Waals surface area contributed by atoms with Gasteiger partial charge in [-0.15, -0.1) is 11.3 Å². The fourth-order valence-corrected chi connectivity index (χ4v) is 3.94. The number of carbonyl (C=O) groups excluding carboxylic acids is 2. The van der Waals surface area contributed by atoms with E-state index in [4.69, 9.17) is 4.74 Å². The van der Waals surface area contributed by atoms with Gasteiger partial charge in [-0.3, -0.25) is 4.79 Å². The summed E-state index contributed by atoms with van der Waals surface area (Å²) >= 11 is 3.18. The van der Waals surface area contributed by atoms with E-state index < -0.39 is 5.97 Å². The lowest BCUT2D eigenvalue weighted by Crippen LogP contribution is -2.30. The number of nitrogens with one attached hydrogen (secondary N) is 1. The van der Waals surface area contributed by atoms with E-state index >= 15 is 0 Å². The molecule has 0 radical (unpaired) electrons. The molecule has 1 aromatic carbocycles. The fourth-order valence-electron chi connectivity index (χ4n) is 2.09. The number of rotatable bonds is 7. The molecule has 1 N–H and O–H groups in total. The quantitative estimate of drug-likeness (QED) is 0.605. The van der Waals surface area contributed by atoms with Gasteiger partial charge in [0, 0.05) is 22.9 Å². The van der Waals surface area contributed by atoms with Crippen LogP contribution in [0.5, 0.6) is 0 Å². The van der Waals surface area contributed by atoms with Crippen LogP contribution >= 0.6 is 23.1 Å². The molecule has 126 valence electrons. The van der Waals surface area contributed by atoms with Crippen molar-refractivity contribution < 1.29 is 14.3 Å². The number of ether oxygens (including phenoxy) is 1. The van der Waals surface area contributed by atoms with Gasteiger partial charge in [0.1, 0.15) is 4.34 Å². The van der Waals surface area contributed by atoms with E-state index in [2.05, 4.69) is 10.3 Å². The zero-order chi connectivity index (χ0) is 16.9. The summed E-state index contributed by atoms with van der Waals surface area (Å²) in [5.41, 5.74) is 2.37. The number of esters is 1. The van der Waals surface area contributed by atoms with Gasteiger partial charge in [0.05, 0.1) is 5.56 Å². The van der Waals surface area contributed by atoms with Crippen LogP contribution in [0.3, 0.4) is 0 Å². The molecule has 1 amide bonds. The third-order valence-corrected chi connectivity index (χ3v) is 5.65. The van der Waals surface area contributed by atoms with Crippen molar-refractivity contribution in [1.29, 1.82) is 0 Å². The predicted molar refractivity (Wildman–Crippen MR) is 94.3 cm³/mol. The lowest BCUT2D eigenvalue weighted by Gasteiger charge is -2.09. The predicted octanol–water partition coefficient (Wildman–Crippen LogP) is 3.18. The Morgan fingerprint density at radius 1 is 1.38 bits per heavy atom. The molecule has 0 saturated heterocycles. The Hall–Kier alpha value is -1.86. The molecule has 0 atom stereocenters. The zero-order valence-electron chi connectivity index (χ0n) is 13.3.